The van der Waals surface area contributed by atoms with Crippen LogP contribution in [-0.2, 0) is 23.8 Å². The predicted molar refractivity (Wildman–Crippen MR) is 270 cm³/mol. The fraction of sp³-hybridized carbons (Fsp3) is 0.684. The van der Waals surface area contributed by atoms with E-state index in [4.69, 9.17) is 14.2 Å². The van der Waals surface area contributed by atoms with Gasteiger partial charge in [0, 0.05) is 19.4 Å². The number of rotatable bonds is 46. The molecule has 0 aromatic carbocycles. The highest BCUT2D eigenvalue weighted by molar-refractivity contribution is 5.70. The highest BCUT2D eigenvalue weighted by Crippen LogP contribution is 2.12. The first-order valence-electron chi connectivity index (χ1n) is 25.8. The van der Waals surface area contributed by atoms with Gasteiger partial charge in [0.2, 0.25) is 0 Å². The zero-order valence-electron chi connectivity index (χ0n) is 40.6. The van der Waals surface area contributed by atoms with Gasteiger partial charge in [0.15, 0.2) is 6.10 Å². The van der Waals surface area contributed by atoms with Gasteiger partial charge in [0.25, 0.3) is 0 Å². The van der Waals surface area contributed by atoms with Crippen LogP contribution in [-0.4, -0.2) is 37.9 Å². The third-order valence-electron chi connectivity index (χ3n) is 10.6. The van der Waals surface area contributed by atoms with Crippen LogP contribution < -0.4 is 0 Å². The van der Waals surface area contributed by atoms with Crippen LogP contribution in [0.4, 0.5) is 0 Å². The number of carbonyl (C=O) groups is 2. The fourth-order valence-corrected chi connectivity index (χ4v) is 6.72. The lowest BCUT2D eigenvalue weighted by molar-refractivity contribution is -0.163. The molecule has 0 aliphatic heterocycles. The second kappa shape index (κ2) is 52.2. The normalized spacial score (nSPS) is 13.0. The quantitative estimate of drug-likeness (QED) is 0.0347. The molecular weight excluding hydrogens is 765 g/mol. The van der Waals surface area contributed by atoms with Crippen LogP contribution in [0.3, 0.4) is 0 Å². The second-order valence-electron chi connectivity index (χ2n) is 16.7. The van der Waals surface area contributed by atoms with Gasteiger partial charge < -0.3 is 14.2 Å². The second-order valence-corrected chi connectivity index (χ2v) is 16.7. The van der Waals surface area contributed by atoms with Gasteiger partial charge in [-0.1, -0.05) is 195 Å². The van der Waals surface area contributed by atoms with Gasteiger partial charge in [-0.05, 0) is 116 Å². The topological polar surface area (TPSA) is 61.8 Å². The Morgan fingerprint density at radius 1 is 0.371 bits per heavy atom. The standard InChI is InChI=1S/C57H96O5/c1-4-7-10-13-16-19-22-25-27-28-29-30-32-33-35-38-41-44-47-50-56(58)61-54-55(53-60-52-49-46-43-40-37-24-21-18-15-12-9-6-3)62-57(59)51-48-45-42-39-36-34-31-26-23-20-17-14-11-8-5-2/h7,10,15-20,25-27,29-31,33,35,55H,4-6,8-9,11-14,21-24,28,32,34,36-54H2,1-3H3/b10-7-,18-15-,19-16-,20-17-,27-25-,30-29-,31-26-,35-33-. The van der Waals surface area contributed by atoms with E-state index in [0.717, 1.165) is 103 Å². The SMILES string of the molecule is CC/C=C\C/C=C\C/C=C\C/C=C\C/C=C\CCCCCC(=O)OCC(COCCCCCCCC/C=C\CCCC)OC(=O)CCCCCCC/C=C\C/C=C\CCCCC. The Kier molecular flexibility index (Phi) is 49.5. The molecule has 0 fully saturated rings. The van der Waals surface area contributed by atoms with Crippen molar-refractivity contribution in [3.05, 3.63) is 97.2 Å². The Bertz CT molecular complexity index is 1200. The van der Waals surface area contributed by atoms with E-state index in [1.54, 1.807) is 0 Å². The van der Waals surface area contributed by atoms with Crippen molar-refractivity contribution in [2.24, 2.45) is 0 Å². The van der Waals surface area contributed by atoms with E-state index in [9.17, 15) is 9.59 Å². The van der Waals surface area contributed by atoms with Crippen molar-refractivity contribution in [3.63, 3.8) is 0 Å². The van der Waals surface area contributed by atoms with Crippen molar-refractivity contribution in [3.8, 4) is 0 Å². The summed E-state index contributed by atoms with van der Waals surface area (Å²) in [4.78, 5) is 25.4. The highest BCUT2D eigenvalue weighted by Gasteiger charge is 2.17. The average molecular weight is 861 g/mol. The minimum absolute atomic E-state index is 0.0552. The molecule has 0 amide bonds. The van der Waals surface area contributed by atoms with Gasteiger partial charge in [-0.3, -0.25) is 9.59 Å². The van der Waals surface area contributed by atoms with Crippen LogP contribution in [0.25, 0.3) is 0 Å². The molecule has 0 rings (SSSR count). The van der Waals surface area contributed by atoms with Crippen molar-refractivity contribution >= 4 is 11.9 Å². The van der Waals surface area contributed by atoms with Crippen molar-refractivity contribution in [2.75, 3.05) is 19.8 Å². The van der Waals surface area contributed by atoms with E-state index in [1.165, 1.54) is 89.9 Å². The maximum atomic E-state index is 12.8. The summed E-state index contributed by atoms with van der Waals surface area (Å²) in [5.41, 5.74) is 0. The lowest BCUT2D eigenvalue weighted by atomic mass is 10.1. The van der Waals surface area contributed by atoms with Gasteiger partial charge in [-0.2, -0.15) is 0 Å². The van der Waals surface area contributed by atoms with Crippen LogP contribution in [0.15, 0.2) is 97.2 Å². The van der Waals surface area contributed by atoms with Crippen LogP contribution in [0.2, 0.25) is 0 Å². The van der Waals surface area contributed by atoms with E-state index < -0.39 is 6.10 Å². The number of hydrogen-bond acceptors (Lipinski definition) is 5. The first kappa shape index (κ1) is 58.8. The van der Waals surface area contributed by atoms with E-state index in [-0.39, 0.29) is 25.2 Å². The monoisotopic (exact) mass is 861 g/mol. The summed E-state index contributed by atoms with van der Waals surface area (Å²) in [7, 11) is 0. The molecule has 0 bridgehead atoms. The number of esters is 2. The Labute approximate surface area is 383 Å². The predicted octanol–water partition coefficient (Wildman–Crippen LogP) is 17.5. The summed E-state index contributed by atoms with van der Waals surface area (Å²) in [6.45, 7) is 7.59. The Morgan fingerprint density at radius 2 is 0.742 bits per heavy atom. The number of ether oxygens (including phenoxy) is 3. The number of allylic oxidation sites excluding steroid dienone is 16. The van der Waals surface area contributed by atoms with Crippen molar-refractivity contribution in [1.29, 1.82) is 0 Å². The smallest absolute Gasteiger partial charge is 0.306 e. The molecule has 0 saturated heterocycles. The molecular formula is C57H96O5. The summed E-state index contributed by atoms with van der Waals surface area (Å²) in [5.74, 6) is -0.457. The minimum Gasteiger partial charge on any atom is -0.462 e. The molecule has 0 saturated carbocycles. The van der Waals surface area contributed by atoms with Crippen LogP contribution in [0.5, 0.6) is 0 Å². The minimum atomic E-state index is -0.565. The molecule has 5 nitrogen and oxygen atoms in total. The Morgan fingerprint density at radius 3 is 1.24 bits per heavy atom. The zero-order valence-corrected chi connectivity index (χ0v) is 40.6. The van der Waals surface area contributed by atoms with Crippen molar-refractivity contribution in [1.82, 2.24) is 0 Å². The summed E-state index contributed by atoms with van der Waals surface area (Å²) in [6, 6.07) is 0. The Hall–Kier alpha value is -3.18. The van der Waals surface area contributed by atoms with E-state index >= 15 is 0 Å². The zero-order chi connectivity index (χ0) is 44.9. The lowest BCUT2D eigenvalue weighted by Crippen LogP contribution is -2.30. The molecule has 0 aromatic heterocycles. The Balaban J connectivity index is 4.36. The summed E-state index contributed by atoms with van der Waals surface area (Å²) >= 11 is 0. The summed E-state index contributed by atoms with van der Waals surface area (Å²) < 4.78 is 17.3. The van der Waals surface area contributed by atoms with Gasteiger partial charge >= 0.3 is 11.9 Å². The number of carbonyl (C=O) groups excluding carboxylic acids is 2. The summed E-state index contributed by atoms with van der Waals surface area (Å²) in [5, 5.41) is 0. The van der Waals surface area contributed by atoms with E-state index in [1.807, 2.05) is 0 Å². The largest absolute Gasteiger partial charge is 0.462 e. The van der Waals surface area contributed by atoms with Gasteiger partial charge in [-0.15, -0.1) is 0 Å². The molecule has 0 spiro atoms. The van der Waals surface area contributed by atoms with Gasteiger partial charge in [0.05, 0.1) is 6.61 Å². The first-order valence-corrected chi connectivity index (χ1v) is 25.8. The van der Waals surface area contributed by atoms with Crippen molar-refractivity contribution < 1.29 is 23.8 Å². The van der Waals surface area contributed by atoms with E-state index in [2.05, 4.69) is 118 Å². The molecule has 0 aliphatic rings. The number of hydrogen-bond donors (Lipinski definition) is 0. The maximum Gasteiger partial charge on any atom is 0.306 e. The van der Waals surface area contributed by atoms with Crippen LogP contribution >= 0.6 is 0 Å². The van der Waals surface area contributed by atoms with Crippen LogP contribution in [0, 0.1) is 0 Å². The molecule has 0 N–H and O–H groups in total. The van der Waals surface area contributed by atoms with Crippen LogP contribution in [0.1, 0.15) is 226 Å². The molecule has 354 valence electrons. The third kappa shape index (κ3) is 49.5. The fourth-order valence-electron chi connectivity index (χ4n) is 6.72. The molecule has 1 unspecified atom stereocenters. The number of unbranched alkanes of at least 4 members (excludes halogenated alkanes) is 19. The molecule has 0 aromatic rings. The molecule has 1 atom stereocenters. The lowest BCUT2D eigenvalue weighted by Gasteiger charge is -2.18. The highest BCUT2D eigenvalue weighted by atomic mass is 16.6. The maximum absolute atomic E-state index is 12.8. The first-order chi connectivity index (χ1) is 30.6. The molecule has 5 heteroatoms. The van der Waals surface area contributed by atoms with E-state index in [0.29, 0.717) is 19.4 Å². The van der Waals surface area contributed by atoms with Gasteiger partial charge in [0.1, 0.15) is 6.61 Å². The van der Waals surface area contributed by atoms with Crippen molar-refractivity contribution in [2.45, 2.75) is 232 Å². The third-order valence-corrected chi connectivity index (χ3v) is 10.6. The van der Waals surface area contributed by atoms with Gasteiger partial charge in [-0.25, -0.2) is 0 Å². The molecule has 0 aliphatic carbocycles. The average Bonchev–Trinajstić information content (AvgIpc) is 3.27. The molecule has 62 heavy (non-hydrogen) atoms. The summed E-state index contributed by atoms with van der Waals surface area (Å²) in [6.07, 6.45) is 69.8. The molecule has 0 heterocycles. The molecule has 0 radical (unpaired) electrons.